The Morgan fingerprint density at radius 1 is 1.16 bits per heavy atom. The van der Waals surface area contributed by atoms with Crippen molar-refractivity contribution < 1.29 is 14.3 Å². The van der Waals surface area contributed by atoms with Crippen molar-refractivity contribution in [3.05, 3.63) is 51.5 Å². The first-order valence-electron chi connectivity index (χ1n) is 10.1. The number of nitrogens with zero attached hydrogens (tertiary/aromatic N) is 2. The predicted molar refractivity (Wildman–Crippen MR) is 135 cm³/mol. The zero-order valence-electron chi connectivity index (χ0n) is 17.8. The molecular weight excluding hydrogens is 516 g/mol. The maximum Gasteiger partial charge on any atom is 0.261 e. The minimum absolute atomic E-state index is 0.139. The lowest BCUT2D eigenvalue weighted by Gasteiger charge is -2.37. The number of hydrogen-bond donors (Lipinski definition) is 2. The molecule has 10 heteroatoms. The minimum Gasteiger partial charge on any atom is -0.496 e. The zero-order valence-corrected chi connectivity index (χ0v) is 20.9. The molecule has 1 aliphatic rings. The standard InChI is InChI=1S/C22H24BrClN4O3S/c1-3-20(29)28-10-8-27(9-11-28)18-6-5-15(24)13-17(18)25-22(32)26-21(30)16-12-14(23)4-7-19(16)31-2/h4-7,12-13H,3,8-11H2,1-2H3,(H2,25,26,30,32). The second kappa shape index (κ2) is 11.0. The van der Waals surface area contributed by atoms with Gasteiger partial charge in [0.1, 0.15) is 5.75 Å². The summed E-state index contributed by atoms with van der Waals surface area (Å²) in [7, 11) is 1.50. The topological polar surface area (TPSA) is 73.9 Å². The number of halogens is 2. The van der Waals surface area contributed by atoms with E-state index < -0.39 is 5.91 Å². The normalized spacial score (nSPS) is 13.5. The Morgan fingerprint density at radius 3 is 2.53 bits per heavy atom. The van der Waals surface area contributed by atoms with E-state index in [0.29, 0.717) is 54.6 Å². The van der Waals surface area contributed by atoms with Crippen molar-refractivity contribution in [1.29, 1.82) is 0 Å². The summed E-state index contributed by atoms with van der Waals surface area (Å²) in [6.07, 6.45) is 0.504. The van der Waals surface area contributed by atoms with Crippen LogP contribution in [0.1, 0.15) is 23.7 Å². The Morgan fingerprint density at radius 2 is 1.88 bits per heavy atom. The summed E-state index contributed by atoms with van der Waals surface area (Å²) < 4.78 is 6.02. The smallest absolute Gasteiger partial charge is 0.261 e. The molecule has 0 radical (unpaired) electrons. The fraction of sp³-hybridized carbons (Fsp3) is 0.318. The summed E-state index contributed by atoms with van der Waals surface area (Å²) in [6.45, 7) is 4.55. The number of ether oxygens (including phenoxy) is 1. The fourth-order valence-corrected chi connectivity index (χ4v) is 4.22. The zero-order chi connectivity index (χ0) is 23.3. The monoisotopic (exact) mass is 538 g/mol. The van der Waals surface area contributed by atoms with E-state index in [2.05, 4.69) is 31.5 Å². The van der Waals surface area contributed by atoms with E-state index in [1.165, 1.54) is 7.11 Å². The lowest BCUT2D eigenvalue weighted by Crippen LogP contribution is -2.48. The van der Waals surface area contributed by atoms with Crippen LogP contribution in [0.15, 0.2) is 40.9 Å². The summed E-state index contributed by atoms with van der Waals surface area (Å²) in [4.78, 5) is 28.7. The van der Waals surface area contributed by atoms with Gasteiger partial charge in [0.25, 0.3) is 5.91 Å². The second-order valence-electron chi connectivity index (χ2n) is 7.14. The third-order valence-corrected chi connectivity index (χ3v) is 6.05. The minimum atomic E-state index is -0.393. The van der Waals surface area contributed by atoms with Crippen LogP contribution in [0, 0.1) is 0 Å². The highest BCUT2D eigenvalue weighted by Gasteiger charge is 2.22. The van der Waals surface area contributed by atoms with Gasteiger partial charge in [0.05, 0.1) is 24.0 Å². The predicted octanol–water partition coefficient (Wildman–Crippen LogP) is 4.30. The van der Waals surface area contributed by atoms with E-state index in [1.54, 1.807) is 30.3 Å². The number of piperazine rings is 1. The average Bonchev–Trinajstić information content (AvgIpc) is 2.78. The highest BCUT2D eigenvalue weighted by molar-refractivity contribution is 9.10. The van der Waals surface area contributed by atoms with Crippen LogP contribution in [0.2, 0.25) is 5.02 Å². The van der Waals surface area contributed by atoms with Gasteiger partial charge in [-0.1, -0.05) is 34.5 Å². The molecule has 0 saturated carbocycles. The number of anilines is 2. The SMILES string of the molecule is CCC(=O)N1CCN(c2ccc(Cl)cc2NC(=S)NC(=O)c2cc(Br)ccc2OC)CC1. The molecule has 2 aromatic carbocycles. The van der Waals surface area contributed by atoms with Crippen LogP contribution in [0.3, 0.4) is 0 Å². The van der Waals surface area contributed by atoms with Gasteiger partial charge >= 0.3 is 0 Å². The van der Waals surface area contributed by atoms with Gasteiger partial charge in [0, 0.05) is 42.1 Å². The summed E-state index contributed by atoms with van der Waals surface area (Å²) >= 11 is 15.0. The van der Waals surface area contributed by atoms with Gasteiger partial charge in [-0.2, -0.15) is 0 Å². The number of carbonyl (C=O) groups excluding carboxylic acids is 2. The maximum absolute atomic E-state index is 12.7. The molecule has 1 heterocycles. The molecule has 170 valence electrons. The van der Waals surface area contributed by atoms with Crippen LogP contribution >= 0.6 is 39.7 Å². The number of benzene rings is 2. The van der Waals surface area contributed by atoms with E-state index in [-0.39, 0.29) is 11.0 Å². The number of rotatable bonds is 5. The Bertz CT molecular complexity index is 1030. The summed E-state index contributed by atoms with van der Waals surface area (Å²) in [5.41, 5.74) is 1.93. The van der Waals surface area contributed by atoms with Crippen molar-refractivity contribution >= 4 is 68.1 Å². The fourth-order valence-electron chi connectivity index (χ4n) is 3.49. The third-order valence-electron chi connectivity index (χ3n) is 5.12. The van der Waals surface area contributed by atoms with E-state index >= 15 is 0 Å². The van der Waals surface area contributed by atoms with Gasteiger partial charge in [-0.05, 0) is 48.6 Å². The molecule has 0 aliphatic carbocycles. The van der Waals surface area contributed by atoms with Gasteiger partial charge in [-0.25, -0.2) is 0 Å². The molecule has 0 atom stereocenters. The molecule has 7 nitrogen and oxygen atoms in total. The molecule has 2 N–H and O–H groups in total. The van der Waals surface area contributed by atoms with Gasteiger partial charge in [-0.3, -0.25) is 14.9 Å². The van der Waals surface area contributed by atoms with Crippen molar-refractivity contribution in [3.63, 3.8) is 0 Å². The quantitative estimate of drug-likeness (QED) is 0.552. The second-order valence-corrected chi connectivity index (χ2v) is 8.90. The van der Waals surface area contributed by atoms with Gasteiger partial charge in [0.15, 0.2) is 5.11 Å². The van der Waals surface area contributed by atoms with Crippen LogP contribution in [-0.2, 0) is 4.79 Å². The Kier molecular flexibility index (Phi) is 8.33. The Hall–Kier alpha value is -2.36. The summed E-state index contributed by atoms with van der Waals surface area (Å²) in [5.74, 6) is 0.207. The highest BCUT2D eigenvalue weighted by Crippen LogP contribution is 2.30. The van der Waals surface area contributed by atoms with Crippen molar-refractivity contribution in [2.45, 2.75) is 13.3 Å². The van der Waals surface area contributed by atoms with Crippen molar-refractivity contribution in [1.82, 2.24) is 10.2 Å². The first-order valence-corrected chi connectivity index (χ1v) is 11.7. The number of amides is 2. The molecule has 2 amide bonds. The molecule has 32 heavy (non-hydrogen) atoms. The molecule has 1 aliphatic heterocycles. The molecule has 0 unspecified atom stereocenters. The van der Waals surface area contributed by atoms with E-state index in [1.807, 2.05) is 17.9 Å². The third kappa shape index (κ3) is 5.90. The van der Waals surface area contributed by atoms with E-state index in [0.717, 1.165) is 10.2 Å². The van der Waals surface area contributed by atoms with Crippen molar-refractivity contribution in [2.24, 2.45) is 0 Å². The molecular formula is C22H24BrClN4O3S. The molecule has 3 rings (SSSR count). The Balaban J connectivity index is 1.72. The lowest BCUT2D eigenvalue weighted by atomic mass is 10.2. The summed E-state index contributed by atoms with van der Waals surface area (Å²) in [6, 6.07) is 10.6. The first-order chi connectivity index (χ1) is 15.3. The molecule has 2 aromatic rings. The number of carbonyl (C=O) groups is 2. The van der Waals surface area contributed by atoms with Gasteiger partial charge in [-0.15, -0.1) is 0 Å². The maximum atomic E-state index is 12.7. The Labute approximate surface area is 206 Å². The number of nitrogens with one attached hydrogen (secondary N) is 2. The number of methoxy groups -OCH3 is 1. The highest BCUT2D eigenvalue weighted by atomic mass is 79.9. The van der Waals surface area contributed by atoms with E-state index in [9.17, 15) is 9.59 Å². The molecule has 1 fully saturated rings. The van der Waals surface area contributed by atoms with Crippen LogP contribution in [-0.4, -0.2) is 55.1 Å². The first kappa shape index (κ1) is 24.3. The largest absolute Gasteiger partial charge is 0.496 e. The molecule has 0 aromatic heterocycles. The number of hydrogen-bond acceptors (Lipinski definition) is 5. The molecule has 1 saturated heterocycles. The van der Waals surface area contributed by atoms with Crippen molar-refractivity contribution in [2.75, 3.05) is 43.5 Å². The van der Waals surface area contributed by atoms with Crippen molar-refractivity contribution in [3.8, 4) is 5.75 Å². The molecule has 0 bridgehead atoms. The number of thiocarbonyl (C=S) groups is 1. The van der Waals surface area contributed by atoms with Gasteiger partial charge in [0.2, 0.25) is 5.91 Å². The summed E-state index contributed by atoms with van der Waals surface area (Å²) in [5, 5.41) is 6.46. The lowest BCUT2D eigenvalue weighted by molar-refractivity contribution is -0.131. The van der Waals surface area contributed by atoms with Crippen LogP contribution in [0.25, 0.3) is 0 Å². The van der Waals surface area contributed by atoms with E-state index in [4.69, 9.17) is 28.6 Å². The molecule has 0 spiro atoms. The van der Waals surface area contributed by atoms with Crippen LogP contribution < -0.4 is 20.3 Å². The van der Waals surface area contributed by atoms with Crippen LogP contribution in [0.4, 0.5) is 11.4 Å². The van der Waals surface area contributed by atoms with Crippen LogP contribution in [0.5, 0.6) is 5.75 Å². The average molecular weight is 540 g/mol. The van der Waals surface area contributed by atoms with Gasteiger partial charge < -0.3 is 19.9 Å².